The molecule has 1 amide bonds. The Bertz CT molecular complexity index is 574. The molecule has 1 saturated carbocycles. The van der Waals surface area contributed by atoms with Crippen LogP contribution >= 0.6 is 0 Å². The lowest BCUT2D eigenvalue weighted by Gasteiger charge is -2.20. The van der Waals surface area contributed by atoms with Crippen molar-refractivity contribution in [3.8, 4) is 5.75 Å². The Hall–Kier alpha value is -2.30. The van der Waals surface area contributed by atoms with E-state index in [2.05, 4.69) is 5.32 Å². The number of rotatable bonds is 5. The third kappa shape index (κ3) is 4.10. The van der Waals surface area contributed by atoms with Crippen LogP contribution in [0.2, 0.25) is 0 Å². The van der Waals surface area contributed by atoms with Crippen molar-refractivity contribution in [1.29, 1.82) is 0 Å². The van der Waals surface area contributed by atoms with Crippen LogP contribution in [0.5, 0.6) is 5.75 Å². The molecule has 118 valence electrons. The Labute approximate surface area is 130 Å². The molecular formula is C17H21NO4. The van der Waals surface area contributed by atoms with E-state index in [0.717, 1.165) is 32.1 Å². The number of ether oxygens (including phenoxy) is 1. The van der Waals surface area contributed by atoms with Crippen LogP contribution in [0.3, 0.4) is 0 Å². The van der Waals surface area contributed by atoms with E-state index in [1.165, 1.54) is 13.2 Å². The third-order valence-electron chi connectivity index (χ3n) is 3.90. The summed E-state index contributed by atoms with van der Waals surface area (Å²) >= 11 is 0. The number of para-hydroxylation sites is 1. The van der Waals surface area contributed by atoms with Crippen LogP contribution in [-0.2, 0) is 9.59 Å². The van der Waals surface area contributed by atoms with Gasteiger partial charge in [0.05, 0.1) is 7.11 Å². The summed E-state index contributed by atoms with van der Waals surface area (Å²) in [6.45, 7) is 0. The summed E-state index contributed by atoms with van der Waals surface area (Å²) in [5, 5.41) is 11.9. The van der Waals surface area contributed by atoms with Gasteiger partial charge in [0.1, 0.15) is 11.4 Å². The van der Waals surface area contributed by atoms with Crippen LogP contribution in [-0.4, -0.2) is 24.1 Å². The highest BCUT2D eigenvalue weighted by atomic mass is 16.5. The zero-order valence-corrected chi connectivity index (χ0v) is 12.7. The maximum atomic E-state index is 12.2. The van der Waals surface area contributed by atoms with E-state index in [1.54, 1.807) is 24.3 Å². The monoisotopic (exact) mass is 303 g/mol. The number of carboxylic acid groups (broad SMARTS) is 1. The predicted molar refractivity (Wildman–Crippen MR) is 83.3 cm³/mol. The highest BCUT2D eigenvalue weighted by molar-refractivity contribution is 5.97. The topological polar surface area (TPSA) is 75.6 Å². The van der Waals surface area contributed by atoms with Crippen molar-refractivity contribution in [1.82, 2.24) is 5.32 Å². The molecule has 1 aliphatic rings. The molecule has 0 saturated heterocycles. The van der Waals surface area contributed by atoms with Gasteiger partial charge >= 0.3 is 5.97 Å². The first-order valence-electron chi connectivity index (χ1n) is 7.50. The molecule has 22 heavy (non-hydrogen) atoms. The molecule has 5 heteroatoms. The van der Waals surface area contributed by atoms with Crippen LogP contribution in [0, 0.1) is 5.92 Å². The van der Waals surface area contributed by atoms with Crippen LogP contribution in [0.15, 0.2) is 30.0 Å². The highest BCUT2D eigenvalue weighted by Crippen LogP contribution is 2.24. The first kappa shape index (κ1) is 16.1. The lowest BCUT2D eigenvalue weighted by Crippen LogP contribution is -2.33. The largest absolute Gasteiger partial charge is 0.496 e. The summed E-state index contributed by atoms with van der Waals surface area (Å²) in [7, 11) is 1.52. The van der Waals surface area contributed by atoms with Crippen molar-refractivity contribution >= 4 is 18.0 Å². The van der Waals surface area contributed by atoms with Crippen LogP contribution in [0.4, 0.5) is 0 Å². The number of methoxy groups -OCH3 is 1. The maximum Gasteiger partial charge on any atom is 0.352 e. The molecular weight excluding hydrogens is 282 g/mol. The highest BCUT2D eigenvalue weighted by Gasteiger charge is 2.23. The predicted octanol–water partition coefficient (Wildman–Crippen LogP) is 2.82. The number of carbonyl (C=O) groups is 2. The minimum absolute atomic E-state index is 0.0887. The summed E-state index contributed by atoms with van der Waals surface area (Å²) in [4.78, 5) is 23.6. The summed E-state index contributed by atoms with van der Waals surface area (Å²) in [5.41, 5.74) is 0.492. The average Bonchev–Trinajstić information content (AvgIpc) is 2.55. The molecule has 1 aromatic carbocycles. The van der Waals surface area contributed by atoms with E-state index in [1.807, 2.05) is 0 Å². The molecule has 2 rings (SSSR count). The smallest absolute Gasteiger partial charge is 0.352 e. The van der Waals surface area contributed by atoms with E-state index < -0.39 is 5.97 Å². The van der Waals surface area contributed by atoms with Gasteiger partial charge in [-0.3, -0.25) is 4.79 Å². The molecule has 0 aliphatic heterocycles. The number of hydrogen-bond donors (Lipinski definition) is 2. The minimum atomic E-state index is -1.16. The normalized spacial score (nSPS) is 16.1. The number of carboxylic acids is 1. The second-order valence-corrected chi connectivity index (χ2v) is 5.43. The van der Waals surface area contributed by atoms with Gasteiger partial charge in [0, 0.05) is 11.5 Å². The zero-order valence-electron chi connectivity index (χ0n) is 12.7. The van der Waals surface area contributed by atoms with Crippen molar-refractivity contribution in [2.75, 3.05) is 7.11 Å². The number of carbonyl (C=O) groups excluding carboxylic acids is 1. The molecule has 0 bridgehead atoms. The summed E-state index contributed by atoms with van der Waals surface area (Å²) in [5.74, 6) is -0.888. The van der Waals surface area contributed by atoms with E-state index in [0.29, 0.717) is 11.3 Å². The van der Waals surface area contributed by atoms with Crippen molar-refractivity contribution in [2.24, 2.45) is 5.92 Å². The standard InChI is InChI=1S/C17H21NO4/c1-22-15-10-6-5-9-13(15)11-14(17(20)21)18-16(19)12-7-3-2-4-8-12/h5-6,9-12H,2-4,7-8H2,1H3,(H,18,19)(H,20,21). The summed E-state index contributed by atoms with van der Waals surface area (Å²) < 4.78 is 5.20. The van der Waals surface area contributed by atoms with Gasteiger partial charge in [-0.15, -0.1) is 0 Å². The molecule has 1 fully saturated rings. The fourth-order valence-electron chi connectivity index (χ4n) is 2.69. The quantitative estimate of drug-likeness (QED) is 0.820. The lowest BCUT2D eigenvalue weighted by atomic mass is 9.88. The number of benzene rings is 1. The number of amides is 1. The first-order chi connectivity index (χ1) is 10.6. The lowest BCUT2D eigenvalue weighted by molar-refractivity contribution is -0.135. The molecule has 0 aromatic heterocycles. The maximum absolute atomic E-state index is 12.2. The van der Waals surface area contributed by atoms with E-state index >= 15 is 0 Å². The van der Waals surface area contributed by atoms with Crippen LogP contribution in [0.1, 0.15) is 37.7 Å². The third-order valence-corrected chi connectivity index (χ3v) is 3.90. The van der Waals surface area contributed by atoms with Crippen molar-refractivity contribution in [2.45, 2.75) is 32.1 Å². The Balaban J connectivity index is 2.17. The minimum Gasteiger partial charge on any atom is -0.496 e. The zero-order chi connectivity index (χ0) is 15.9. The molecule has 0 radical (unpaired) electrons. The van der Waals surface area contributed by atoms with E-state index in [9.17, 15) is 14.7 Å². The summed E-state index contributed by atoms with van der Waals surface area (Å²) in [6, 6.07) is 7.08. The molecule has 1 aliphatic carbocycles. The van der Waals surface area contributed by atoms with E-state index in [-0.39, 0.29) is 17.5 Å². The second-order valence-electron chi connectivity index (χ2n) is 5.43. The molecule has 2 N–H and O–H groups in total. The van der Waals surface area contributed by atoms with Gasteiger partial charge in [0.15, 0.2) is 0 Å². The number of nitrogens with one attached hydrogen (secondary N) is 1. The molecule has 1 aromatic rings. The van der Waals surface area contributed by atoms with Crippen LogP contribution < -0.4 is 10.1 Å². The van der Waals surface area contributed by atoms with Gasteiger partial charge in [-0.2, -0.15) is 0 Å². The Kier molecular flexibility index (Phi) is 5.58. The molecule has 0 spiro atoms. The van der Waals surface area contributed by atoms with Crippen molar-refractivity contribution in [3.63, 3.8) is 0 Å². The molecule has 0 atom stereocenters. The van der Waals surface area contributed by atoms with Crippen LogP contribution in [0.25, 0.3) is 6.08 Å². The fraction of sp³-hybridized carbons (Fsp3) is 0.412. The van der Waals surface area contributed by atoms with Gasteiger partial charge in [-0.1, -0.05) is 37.5 Å². The van der Waals surface area contributed by atoms with Gasteiger partial charge in [0.2, 0.25) is 5.91 Å². The fourth-order valence-corrected chi connectivity index (χ4v) is 2.69. The Morgan fingerprint density at radius 3 is 2.55 bits per heavy atom. The second kappa shape index (κ2) is 7.64. The van der Waals surface area contributed by atoms with Gasteiger partial charge in [-0.05, 0) is 25.0 Å². The molecule has 0 heterocycles. The number of aliphatic carboxylic acids is 1. The van der Waals surface area contributed by atoms with Gasteiger partial charge in [0.25, 0.3) is 0 Å². The van der Waals surface area contributed by atoms with Crippen molar-refractivity contribution < 1.29 is 19.4 Å². The van der Waals surface area contributed by atoms with Crippen molar-refractivity contribution in [3.05, 3.63) is 35.5 Å². The Morgan fingerprint density at radius 1 is 1.23 bits per heavy atom. The van der Waals surface area contributed by atoms with Gasteiger partial charge in [-0.25, -0.2) is 4.79 Å². The number of hydrogen-bond acceptors (Lipinski definition) is 3. The SMILES string of the molecule is COc1ccccc1C=C(NC(=O)C1CCCCC1)C(=O)O. The van der Waals surface area contributed by atoms with Gasteiger partial charge < -0.3 is 15.2 Å². The molecule has 0 unspecified atom stereocenters. The first-order valence-corrected chi connectivity index (χ1v) is 7.50. The summed E-state index contributed by atoms with van der Waals surface area (Å²) in [6.07, 6.45) is 6.28. The average molecular weight is 303 g/mol. The Morgan fingerprint density at radius 2 is 1.91 bits per heavy atom. The molecule has 5 nitrogen and oxygen atoms in total. The van der Waals surface area contributed by atoms with E-state index in [4.69, 9.17) is 4.74 Å².